The average Bonchev–Trinajstić information content (AvgIpc) is 2.35. The smallest absolute Gasteiger partial charge is 0.101 e. The summed E-state index contributed by atoms with van der Waals surface area (Å²) in [6.45, 7) is 2.17. The van der Waals surface area contributed by atoms with Crippen molar-refractivity contribution in [3.63, 3.8) is 0 Å². The molecule has 0 amide bonds. The van der Waals surface area contributed by atoms with Crippen molar-refractivity contribution in [1.29, 1.82) is 5.26 Å². The predicted octanol–water partition coefficient (Wildman–Crippen LogP) is 2.72. The van der Waals surface area contributed by atoms with E-state index < -0.39 is 0 Å². The van der Waals surface area contributed by atoms with Crippen molar-refractivity contribution in [2.24, 2.45) is 0 Å². The van der Waals surface area contributed by atoms with Crippen LogP contribution in [0.5, 0.6) is 0 Å². The van der Waals surface area contributed by atoms with Crippen molar-refractivity contribution in [2.75, 3.05) is 29.7 Å². The van der Waals surface area contributed by atoms with Crippen molar-refractivity contribution in [2.45, 2.75) is 19.4 Å². The second-order valence-corrected chi connectivity index (χ2v) is 4.89. The minimum Gasteiger partial charge on any atom is -0.396 e. The Bertz CT molecular complexity index is 412. The molecule has 0 fully saturated rings. The SMILES string of the molecule is CCC(CSC)N(C)c1cccc(C#N)c1N. The Morgan fingerprint density at radius 3 is 2.76 bits per heavy atom. The number of benzene rings is 1. The van der Waals surface area contributed by atoms with Crippen LogP contribution in [0.25, 0.3) is 0 Å². The maximum atomic E-state index is 8.97. The Morgan fingerprint density at radius 2 is 2.24 bits per heavy atom. The standard InChI is InChI=1S/C13H19N3S/c1-4-11(9-17-3)16(2)12-7-5-6-10(8-14)13(12)15/h5-7,11H,4,9,15H2,1-3H3. The van der Waals surface area contributed by atoms with Gasteiger partial charge in [-0.25, -0.2) is 0 Å². The van der Waals surface area contributed by atoms with Gasteiger partial charge in [-0.3, -0.25) is 0 Å². The Kier molecular flexibility index (Phi) is 5.17. The van der Waals surface area contributed by atoms with Gasteiger partial charge in [0.25, 0.3) is 0 Å². The number of rotatable bonds is 5. The van der Waals surface area contributed by atoms with Gasteiger partial charge in [0.1, 0.15) is 6.07 Å². The van der Waals surface area contributed by atoms with E-state index in [1.807, 2.05) is 30.9 Å². The third-order valence-electron chi connectivity index (χ3n) is 2.96. The van der Waals surface area contributed by atoms with Gasteiger partial charge in [0.2, 0.25) is 0 Å². The molecular formula is C13H19N3S. The quantitative estimate of drug-likeness (QED) is 0.815. The van der Waals surface area contributed by atoms with Gasteiger partial charge in [-0.15, -0.1) is 0 Å². The fraction of sp³-hybridized carbons (Fsp3) is 0.462. The number of nitriles is 1. The molecule has 0 aliphatic carbocycles. The second kappa shape index (κ2) is 6.41. The molecular weight excluding hydrogens is 230 g/mol. The molecule has 4 heteroatoms. The molecule has 92 valence electrons. The predicted molar refractivity (Wildman–Crippen MR) is 76.4 cm³/mol. The molecule has 0 heterocycles. The van der Waals surface area contributed by atoms with Gasteiger partial charge in [0.05, 0.1) is 16.9 Å². The molecule has 0 spiro atoms. The third-order valence-corrected chi connectivity index (χ3v) is 3.68. The first-order valence-corrected chi connectivity index (χ1v) is 7.05. The number of hydrogen-bond acceptors (Lipinski definition) is 4. The summed E-state index contributed by atoms with van der Waals surface area (Å²) in [4.78, 5) is 2.17. The van der Waals surface area contributed by atoms with E-state index in [0.717, 1.165) is 17.9 Å². The van der Waals surface area contributed by atoms with Crippen LogP contribution in [0.1, 0.15) is 18.9 Å². The van der Waals surface area contributed by atoms with Gasteiger partial charge in [0, 0.05) is 18.8 Å². The van der Waals surface area contributed by atoms with Crippen LogP contribution in [0.2, 0.25) is 0 Å². The molecule has 0 saturated heterocycles. The summed E-state index contributed by atoms with van der Waals surface area (Å²) in [6.07, 6.45) is 3.17. The van der Waals surface area contributed by atoms with E-state index in [1.165, 1.54) is 0 Å². The Hall–Kier alpha value is -1.34. The molecule has 0 aliphatic heterocycles. The van der Waals surface area contributed by atoms with Crippen LogP contribution in [-0.4, -0.2) is 25.1 Å². The summed E-state index contributed by atoms with van der Waals surface area (Å²) in [5.74, 6) is 1.06. The summed E-state index contributed by atoms with van der Waals surface area (Å²) >= 11 is 1.83. The third kappa shape index (κ3) is 3.07. The lowest BCUT2D eigenvalue weighted by Gasteiger charge is -2.30. The molecule has 1 rings (SSSR count). The summed E-state index contributed by atoms with van der Waals surface area (Å²) < 4.78 is 0. The Labute approximate surface area is 108 Å². The van der Waals surface area contributed by atoms with Gasteiger partial charge in [-0.1, -0.05) is 13.0 Å². The largest absolute Gasteiger partial charge is 0.396 e. The first-order chi connectivity index (χ1) is 8.15. The summed E-state index contributed by atoms with van der Waals surface area (Å²) in [6, 6.07) is 8.17. The number of thioether (sulfide) groups is 1. The molecule has 0 bridgehead atoms. The number of nitrogen functional groups attached to an aromatic ring is 1. The first kappa shape index (κ1) is 13.7. The van der Waals surface area contributed by atoms with Crippen LogP contribution in [-0.2, 0) is 0 Å². The highest BCUT2D eigenvalue weighted by molar-refractivity contribution is 7.98. The lowest BCUT2D eigenvalue weighted by Crippen LogP contribution is -2.33. The van der Waals surface area contributed by atoms with E-state index in [1.54, 1.807) is 6.07 Å². The van der Waals surface area contributed by atoms with E-state index in [9.17, 15) is 0 Å². The Morgan fingerprint density at radius 1 is 1.53 bits per heavy atom. The highest BCUT2D eigenvalue weighted by Crippen LogP contribution is 2.28. The molecule has 1 aromatic rings. The highest BCUT2D eigenvalue weighted by atomic mass is 32.2. The number of nitrogens with zero attached hydrogens (tertiary/aromatic N) is 2. The number of nitrogens with two attached hydrogens (primary N) is 1. The van der Waals surface area contributed by atoms with E-state index in [0.29, 0.717) is 17.3 Å². The summed E-state index contributed by atoms with van der Waals surface area (Å²) in [5.41, 5.74) is 8.09. The minimum atomic E-state index is 0.446. The van der Waals surface area contributed by atoms with Crippen molar-refractivity contribution >= 4 is 23.1 Å². The lowest BCUT2D eigenvalue weighted by atomic mass is 10.1. The second-order valence-electron chi connectivity index (χ2n) is 3.98. The van der Waals surface area contributed by atoms with Crippen molar-refractivity contribution in [3.05, 3.63) is 23.8 Å². The van der Waals surface area contributed by atoms with E-state index in [-0.39, 0.29) is 0 Å². The molecule has 0 aliphatic rings. The van der Waals surface area contributed by atoms with Crippen LogP contribution in [0.15, 0.2) is 18.2 Å². The van der Waals surface area contributed by atoms with Crippen LogP contribution in [0, 0.1) is 11.3 Å². The molecule has 1 unspecified atom stereocenters. The molecule has 3 nitrogen and oxygen atoms in total. The fourth-order valence-electron chi connectivity index (χ4n) is 1.85. The molecule has 1 atom stereocenters. The van der Waals surface area contributed by atoms with Crippen molar-refractivity contribution in [1.82, 2.24) is 0 Å². The zero-order valence-corrected chi connectivity index (χ0v) is 11.4. The zero-order chi connectivity index (χ0) is 12.8. The maximum absolute atomic E-state index is 8.97. The van der Waals surface area contributed by atoms with Crippen molar-refractivity contribution < 1.29 is 0 Å². The van der Waals surface area contributed by atoms with Gasteiger partial charge in [-0.05, 0) is 24.8 Å². The lowest BCUT2D eigenvalue weighted by molar-refractivity contribution is 0.674. The molecule has 1 aromatic carbocycles. The maximum Gasteiger partial charge on any atom is 0.101 e. The monoisotopic (exact) mass is 249 g/mol. The van der Waals surface area contributed by atoms with E-state index in [2.05, 4.69) is 24.1 Å². The van der Waals surface area contributed by atoms with Crippen LogP contribution in [0.4, 0.5) is 11.4 Å². The van der Waals surface area contributed by atoms with Gasteiger partial charge >= 0.3 is 0 Å². The number of anilines is 2. The summed E-state index contributed by atoms with van der Waals surface area (Å²) in [5, 5.41) is 8.97. The molecule has 0 saturated carbocycles. The molecule has 17 heavy (non-hydrogen) atoms. The Balaban J connectivity index is 3.03. The van der Waals surface area contributed by atoms with Gasteiger partial charge in [0.15, 0.2) is 0 Å². The number of hydrogen-bond donors (Lipinski definition) is 1. The van der Waals surface area contributed by atoms with Gasteiger partial charge in [-0.2, -0.15) is 17.0 Å². The minimum absolute atomic E-state index is 0.446. The molecule has 2 N–H and O–H groups in total. The molecule has 0 aromatic heterocycles. The number of para-hydroxylation sites is 1. The zero-order valence-electron chi connectivity index (χ0n) is 10.6. The first-order valence-electron chi connectivity index (χ1n) is 5.66. The van der Waals surface area contributed by atoms with Crippen molar-refractivity contribution in [3.8, 4) is 6.07 Å². The van der Waals surface area contributed by atoms with Crippen LogP contribution >= 0.6 is 11.8 Å². The normalized spacial score (nSPS) is 11.9. The average molecular weight is 249 g/mol. The van der Waals surface area contributed by atoms with Gasteiger partial charge < -0.3 is 10.6 Å². The van der Waals surface area contributed by atoms with E-state index in [4.69, 9.17) is 11.0 Å². The van der Waals surface area contributed by atoms with Crippen LogP contribution in [0.3, 0.4) is 0 Å². The molecule has 0 radical (unpaired) electrons. The highest BCUT2D eigenvalue weighted by Gasteiger charge is 2.16. The fourth-order valence-corrected chi connectivity index (χ4v) is 2.69. The van der Waals surface area contributed by atoms with Crippen LogP contribution < -0.4 is 10.6 Å². The topological polar surface area (TPSA) is 53.0 Å². The summed E-state index contributed by atoms with van der Waals surface area (Å²) in [7, 11) is 2.04. The van der Waals surface area contributed by atoms with E-state index >= 15 is 0 Å².